The number of rotatable bonds is 3. The zero-order valence-corrected chi connectivity index (χ0v) is 16.4. The van der Waals surface area contributed by atoms with Crippen LogP contribution in [0.15, 0.2) is 58.4 Å². The number of halogens is 2. The molecule has 0 radical (unpaired) electrons. The summed E-state index contributed by atoms with van der Waals surface area (Å²) in [6.45, 7) is 0. The van der Waals surface area contributed by atoms with E-state index in [9.17, 15) is 5.26 Å². The van der Waals surface area contributed by atoms with Crippen molar-refractivity contribution in [2.75, 3.05) is 0 Å². The minimum absolute atomic E-state index is 0.586. The predicted octanol–water partition coefficient (Wildman–Crippen LogP) is 6.24. The quantitative estimate of drug-likeness (QED) is 0.320. The van der Waals surface area contributed by atoms with Gasteiger partial charge in [0, 0.05) is 19.0 Å². The average Bonchev–Trinajstić information content (AvgIpc) is 3.04. The molecule has 0 bridgehead atoms. The Morgan fingerprint density at radius 2 is 1.91 bits per heavy atom. The van der Waals surface area contributed by atoms with Crippen molar-refractivity contribution in [2.45, 2.75) is 0 Å². The van der Waals surface area contributed by atoms with E-state index in [2.05, 4.69) is 49.6 Å². The highest BCUT2D eigenvalue weighted by Gasteiger charge is 2.09. The van der Waals surface area contributed by atoms with Crippen LogP contribution < -0.4 is 0 Å². The molecule has 0 unspecified atom stereocenters. The van der Waals surface area contributed by atoms with Crippen molar-refractivity contribution < 1.29 is 0 Å². The zero-order valence-electron chi connectivity index (χ0n) is 11.8. The first-order chi connectivity index (χ1) is 11.2. The number of nitrogens with zero attached hydrogens (tertiary/aromatic N) is 2. The molecule has 3 rings (SSSR count). The standard InChI is InChI=1S/C18H10BrIN2S/c19-15-7-5-12(6-8-15)17-11-23-18(22-17)14(10-21)9-13-3-1-2-4-16(13)20/h1-9,11H/b14-9-. The van der Waals surface area contributed by atoms with Crippen molar-refractivity contribution in [1.29, 1.82) is 5.26 Å². The van der Waals surface area contributed by atoms with E-state index in [1.54, 1.807) is 0 Å². The Morgan fingerprint density at radius 3 is 2.61 bits per heavy atom. The maximum Gasteiger partial charge on any atom is 0.134 e. The molecule has 0 aliphatic carbocycles. The maximum atomic E-state index is 9.49. The van der Waals surface area contributed by atoms with Crippen molar-refractivity contribution in [2.24, 2.45) is 0 Å². The first-order valence-corrected chi connectivity index (χ1v) is 9.50. The lowest BCUT2D eigenvalue weighted by Gasteiger charge is -1.99. The van der Waals surface area contributed by atoms with E-state index in [1.165, 1.54) is 11.3 Å². The van der Waals surface area contributed by atoms with Crippen LogP contribution in [-0.4, -0.2) is 4.98 Å². The molecule has 0 N–H and O–H groups in total. The molecular formula is C18H10BrIN2S. The van der Waals surface area contributed by atoms with E-state index in [0.29, 0.717) is 5.57 Å². The summed E-state index contributed by atoms with van der Waals surface area (Å²) in [4.78, 5) is 4.62. The van der Waals surface area contributed by atoms with Crippen molar-refractivity contribution in [3.63, 3.8) is 0 Å². The van der Waals surface area contributed by atoms with Crippen LogP contribution in [0.5, 0.6) is 0 Å². The molecular weight excluding hydrogens is 483 g/mol. The van der Waals surface area contributed by atoms with Crippen LogP contribution in [0.1, 0.15) is 10.6 Å². The lowest BCUT2D eigenvalue weighted by molar-refractivity contribution is 1.37. The van der Waals surface area contributed by atoms with E-state index in [0.717, 1.165) is 29.9 Å². The Bertz CT molecular complexity index is 907. The number of benzene rings is 2. The SMILES string of the molecule is N#C/C(=C/c1ccccc1I)c1nc(-c2ccc(Br)cc2)cs1. The molecule has 0 saturated heterocycles. The molecule has 0 atom stereocenters. The molecule has 3 aromatic rings. The number of nitriles is 1. The molecule has 0 aliphatic rings. The second kappa shape index (κ2) is 7.39. The van der Waals surface area contributed by atoms with E-state index in [1.807, 2.05) is 60.0 Å². The van der Waals surface area contributed by atoms with Crippen molar-refractivity contribution in [3.05, 3.63) is 72.5 Å². The van der Waals surface area contributed by atoms with Gasteiger partial charge in [0.05, 0.1) is 11.3 Å². The fourth-order valence-electron chi connectivity index (χ4n) is 2.04. The van der Waals surface area contributed by atoms with E-state index < -0.39 is 0 Å². The van der Waals surface area contributed by atoms with Crippen LogP contribution >= 0.6 is 49.9 Å². The van der Waals surface area contributed by atoms with Crippen LogP contribution in [-0.2, 0) is 0 Å². The molecule has 0 saturated carbocycles. The molecule has 2 aromatic carbocycles. The largest absolute Gasteiger partial charge is 0.235 e. The van der Waals surface area contributed by atoms with Gasteiger partial charge in [-0.15, -0.1) is 11.3 Å². The molecule has 1 heterocycles. The molecule has 0 fully saturated rings. The van der Waals surface area contributed by atoms with Crippen molar-refractivity contribution in [1.82, 2.24) is 4.98 Å². The van der Waals surface area contributed by atoms with Crippen LogP contribution in [0.4, 0.5) is 0 Å². The van der Waals surface area contributed by atoms with Gasteiger partial charge in [-0.05, 0) is 52.4 Å². The second-order valence-electron chi connectivity index (χ2n) is 4.74. The molecule has 23 heavy (non-hydrogen) atoms. The van der Waals surface area contributed by atoms with Gasteiger partial charge in [0.1, 0.15) is 11.1 Å². The minimum atomic E-state index is 0.586. The highest BCUT2D eigenvalue weighted by Crippen LogP contribution is 2.28. The van der Waals surface area contributed by atoms with E-state index >= 15 is 0 Å². The van der Waals surface area contributed by atoms with Gasteiger partial charge in [-0.2, -0.15) is 5.26 Å². The van der Waals surface area contributed by atoms with E-state index in [-0.39, 0.29) is 0 Å². The first kappa shape index (κ1) is 16.4. The van der Waals surface area contributed by atoms with Crippen LogP contribution in [0, 0.1) is 14.9 Å². The fourth-order valence-corrected chi connectivity index (χ4v) is 3.64. The van der Waals surface area contributed by atoms with Gasteiger partial charge < -0.3 is 0 Å². The smallest absolute Gasteiger partial charge is 0.134 e. The van der Waals surface area contributed by atoms with Crippen LogP contribution in [0.3, 0.4) is 0 Å². The zero-order chi connectivity index (χ0) is 16.2. The highest BCUT2D eigenvalue weighted by atomic mass is 127. The monoisotopic (exact) mass is 492 g/mol. The van der Waals surface area contributed by atoms with Gasteiger partial charge in [0.25, 0.3) is 0 Å². The summed E-state index contributed by atoms with van der Waals surface area (Å²) >= 11 is 7.19. The van der Waals surface area contributed by atoms with Crippen LogP contribution in [0.2, 0.25) is 0 Å². The molecule has 5 heteroatoms. The Hall–Kier alpha value is -1.49. The lowest BCUT2D eigenvalue weighted by Crippen LogP contribution is -1.84. The number of aromatic nitrogens is 1. The molecule has 2 nitrogen and oxygen atoms in total. The summed E-state index contributed by atoms with van der Waals surface area (Å²) in [5.74, 6) is 0. The van der Waals surface area contributed by atoms with Gasteiger partial charge in [0.15, 0.2) is 0 Å². The van der Waals surface area contributed by atoms with Gasteiger partial charge in [0.2, 0.25) is 0 Å². The Balaban J connectivity index is 1.96. The molecule has 0 spiro atoms. The first-order valence-electron chi connectivity index (χ1n) is 6.75. The maximum absolute atomic E-state index is 9.49. The summed E-state index contributed by atoms with van der Waals surface area (Å²) in [6, 6.07) is 18.3. The Morgan fingerprint density at radius 1 is 1.17 bits per heavy atom. The summed E-state index contributed by atoms with van der Waals surface area (Å²) in [5, 5.41) is 12.2. The van der Waals surface area contributed by atoms with Crippen LogP contribution in [0.25, 0.3) is 22.9 Å². The molecule has 0 aliphatic heterocycles. The van der Waals surface area contributed by atoms with Gasteiger partial charge in [-0.1, -0.05) is 46.3 Å². The summed E-state index contributed by atoms with van der Waals surface area (Å²) in [6.07, 6.45) is 1.89. The summed E-state index contributed by atoms with van der Waals surface area (Å²) < 4.78 is 2.15. The molecule has 0 amide bonds. The van der Waals surface area contributed by atoms with Crippen molar-refractivity contribution >= 4 is 61.5 Å². The second-order valence-corrected chi connectivity index (χ2v) is 7.67. The highest BCUT2D eigenvalue weighted by molar-refractivity contribution is 14.1. The Labute approximate surface area is 160 Å². The molecule has 1 aromatic heterocycles. The third-order valence-corrected chi connectivity index (χ3v) is 5.59. The number of hydrogen-bond acceptors (Lipinski definition) is 3. The lowest BCUT2D eigenvalue weighted by atomic mass is 10.1. The predicted molar refractivity (Wildman–Crippen MR) is 108 cm³/mol. The molecule has 112 valence electrons. The summed E-state index contributed by atoms with van der Waals surface area (Å²) in [5.41, 5.74) is 3.55. The number of hydrogen-bond donors (Lipinski definition) is 0. The van der Waals surface area contributed by atoms with E-state index in [4.69, 9.17) is 0 Å². The average molecular weight is 493 g/mol. The third-order valence-electron chi connectivity index (χ3n) is 3.20. The number of thiazole rings is 1. The normalized spacial score (nSPS) is 11.3. The topological polar surface area (TPSA) is 36.7 Å². The van der Waals surface area contributed by atoms with Gasteiger partial charge in [-0.25, -0.2) is 4.98 Å². The Kier molecular flexibility index (Phi) is 5.26. The fraction of sp³-hybridized carbons (Fsp3) is 0. The van der Waals surface area contributed by atoms with Gasteiger partial charge >= 0.3 is 0 Å². The minimum Gasteiger partial charge on any atom is -0.235 e. The van der Waals surface area contributed by atoms with Crippen molar-refractivity contribution in [3.8, 4) is 17.3 Å². The van der Waals surface area contributed by atoms with Gasteiger partial charge in [-0.3, -0.25) is 0 Å². The third kappa shape index (κ3) is 3.89. The summed E-state index contributed by atoms with van der Waals surface area (Å²) in [7, 11) is 0. The number of allylic oxidation sites excluding steroid dienone is 1.